The number of hydrogen-bond acceptors (Lipinski definition) is 18. The van der Waals surface area contributed by atoms with E-state index < -0.39 is 59.2 Å². The monoisotopic (exact) mass is 1370 g/mol. The number of nitrogens with zero attached hydrogens (tertiary/aromatic N) is 7. The number of hydroxylamine groups is 4. The molecule has 506 valence electrons. The molecule has 1 fully saturated rings. The molecule has 6 N–H and O–H groups in total. The molecule has 0 amide bonds. The average Bonchev–Trinajstić information content (AvgIpc) is 1.57. The molecule has 1 atom stereocenters. The van der Waals surface area contributed by atoms with Gasteiger partial charge in [-0.25, -0.2) is 9.97 Å². The third-order valence-corrected chi connectivity index (χ3v) is 19.9. The Labute approximate surface area is 588 Å². The number of nitrogens with one attached hydrogen (secondary N) is 3. The van der Waals surface area contributed by atoms with E-state index in [9.17, 15) is 45.2 Å². The van der Waals surface area contributed by atoms with Crippen LogP contribution in [-0.2, 0) is 43.0 Å². The number of halogens is 1. The summed E-state index contributed by atoms with van der Waals surface area (Å²) in [4.78, 5) is 59.0. The molecule has 20 nitrogen and oxygen atoms in total. The number of aromatic hydroxyl groups is 1. The van der Waals surface area contributed by atoms with E-state index in [1.165, 1.54) is 10.1 Å². The normalized spacial score (nSPS) is 17.9. The van der Waals surface area contributed by atoms with Crippen LogP contribution in [0.25, 0.3) is 90.9 Å². The summed E-state index contributed by atoms with van der Waals surface area (Å²) in [6, 6.07) is 42.3. The van der Waals surface area contributed by atoms with Gasteiger partial charge in [0.1, 0.15) is 11.5 Å². The summed E-state index contributed by atoms with van der Waals surface area (Å²) >= 11 is 5.77. The Bertz CT molecular complexity index is 4760. The third kappa shape index (κ3) is 13.5. The van der Waals surface area contributed by atoms with E-state index in [2.05, 4.69) is 57.7 Å². The molecular weight excluding hydrogens is 1290 g/mol. The molecule has 5 aromatic carbocycles. The zero-order valence-corrected chi connectivity index (χ0v) is 58.1. The zero-order chi connectivity index (χ0) is 68.6. The maximum Gasteiger partial charge on any atom is 3.00 e. The third-order valence-electron chi connectivity index (χ3n) is 19.8. The molecule has 1 unspecified atom stereocenters. The van der Waals surface area contributed by atoms with Gasteiger partial charge in [-0.05, 0) is 204 Å². The second kappa shape index (κ2) is 27.5. The van der Waals surface area contributed by atoms with Crippen molar-refractivity contribution in [3.8, 4) is 56.0 Å². The standard InChI is InChI=1S/C76H78N10O10S.Al.FH/c1-73(2)52-25-20-46(39-54(52)75(5,6)85(73)94)68-57-28-31-60(80-57)69(50-12-9-10-15-63(50)87)59-30-26-55(78-59)67(56-27-32-61(79-56)70(62-33-29-58(68)81-62)51-13-11-14-53-71(51)76(7,8)86(95)74(53,3)4)45-18-23-49(24-19-45)96-72(97)77-47-21-16-44(17-22-47)38-48-40-83(42-65(90)91)35-34-82(41-64(88)89)36-37-84(48)43-66(92)93;;/h9-33,39,48,78,81,87,94-95H,34-38,40-43H2,1-8H3,(H,77,97)(H,88,89)(H,90,91)(H,92,93);;1H/q;+3;/p-3/i;;1-1. The number of carbonyl (C=O) groups excluding carboxylic acids is 3. The molecule has 0 radical (unpaired) electrons. The fourth-order valence-corrected chi connectivity index (χ4v) is 15.3. The van der Waals surface area contributed by atoms with Crippen LogP contribution < -0.4 is 25.4 Å². The van der Waals surface area contributed by atoms with E-state index in [0.717, 1.165) is 72.2 Å². The van der Waals surface area contributed by atoms with E-state index in [0.29, 0.717) is 62.8 Å². The number of aromatic nitrogens is 4. The van der Waals surface area contributed by atoms with Crippen LogP contribution >= 0.6 is 12.2 Å². The van der Waals surface area contributed by atoms with Crippen molar-refractivity contribution in [2.45, 2.75) is 90.0 Å². The predicted octanol–water partition coefficient (Wildman–Crippen LogP) is 9.01. The number of para-hydroxylation sites is 1. The SMILES string of the molecule is CC1(C)c2ccc(-c3c4nc(c(-c5ccccc5O)c5ccc([nH]5)c(-c5ccc(OC(=S)Nc6ccc(CC7CN(CC(=O)[O-])CCN(CC(=O)[O-])CCN7CC(=O)[O-])cc6)cc5)c5nc(c(-c6cccc7c6C(C)(C)N(O)C7(C)C)c6ccc3[nH]6)C=C5)C=C4)cc2C(C)(C)N1O.[18FH].[Al+3]. The smallest absolute Gasteiger partial charge is 0.549 e. The molecule has 8 bridgehead atoms. The van der Waals surface area contributed by atoms with Crippen molar-refractivity contribution in [1.29, 1.82) is 0 Å². The van der Waals surface area contributed by atoms with Crippen molar-refractivity contribution in [1.82, 2.24) is 44.8 Å². The summed E-state index contributed by atoms with van der Waals surface area (Å²) in [5.74, 6) is -3.42. The number of fused-ring (bicyclic) bond motifs is 10. The van der Waals surface area contributed by atoms with Gasteiger partial charge in [-0.15, -0.1) is 0 Å². The van der Waals surface area contributed by atoms with Gasteiger partial charge in [0.25, 0.3) is 5.17 Å². The first kappa shape index (κ1) is 71.1. The summed E-state index contributed by atoms with van der Waals surface area (Å²) in [6.45, 7) is 16.0. The fraction of sp³-hybridized carbons (Fsp3) is 0.289. The van der Waals surface area contributed by atoms with Gasteiger partial charge in [0.15, 0.2) is 0 Å². The van der Waals surface area contributed by atoms with E-state index >= 15 is 0 Å². The number of carboxylic acid groups (broad SMARTS) is 3. The molecule has 99 heavy (non-hydrogen) atoms. The van der Waals surface area contributed by atoms with Crippen molar-refractivity contribution in [3.05, 3.63) is 184 Å². The molecule has 5 aliphatic rings. The molecule has 1 saturated heterocycles. The van der Waals surface area contributed by atoms with Crippen LogP contribution in [0.5, 0.6) is 11.5 Å². The number of anilines is 1. The number of H-pyrrole nitrogens is 2. The maximum absolute atomic E-state index is 12.0. The number of rotatable bonds is 14. The fourth-order valence-electron chi connectivity index (χ4n) is 15.1. The summed E-state index contributed by atoms with van der Waals surface area (Å²) in [5.41, 5.74) is 14.1. The van der Waals surface area contributed by atoms with Crippen LogP contribution in [-0.4, -0.2) is 159 Å². The number of hydrogen-bond donors (Lipinski definition) is 6. The maximum atomic E-state index is 12.0. The van der Waals surface area contributed by atoms with Crippen LogP contribution in [0.1, 0.15) is 106 Å². The number of aromatic amines is 2. The van der Waals surface area contributed by atoms with Crippen LogP contribution in [0.15, 0.2) is 133 Å². The molecule has 0 saturated carbocycles. The first-order chi connectivity index (χ1) is 46.2. The quantitative estimate of drug-likeness (QED) is 0.0437. The Morgan fingerprint density at radius 3 is 1.64 bits per heavy atom. The number of carboxylic acids is 3. The number of benzene rings is 5. The number of thiocarbonyl (C=S) groups is 1. The summed E-state index contributed by atoms with van der Waals surface area (Å²) in [6.07, 6.45) is 8.35. The van der Waals surface area contributed by atoms with Gasteiger partial charge in [-0.2, -0.15) is 10.1 Å². The van der Waals surface area contributed by atoms with Gasteiger partial charge in [0.2, 0.25) is 0 Å². The molecule has 5 aliphatic heterocycles. The Morgan fingerprint density at radius 1 is 0.556 bits per heavy atom. The van der Waals surface area contributed by atoms with Gasteiger partial charge in [-0.1, -0.05) is 72.8 Å². The van der Waals surface area contributed by atoms with E-state index in [1.54, 1.807) is 26.8 Å². The zero-order valence-electron chi connectivity index (χ0n) is 56.2. The topological polar surface area (TPSA) is 276 Å². The van der Waals surface area contributed by atoms with Crippen LogP contribution in [0.3, 0.4) is 0 Å². The molecule has 0 spiro atoms. The molecule has 13 rings (SSSR count). The van der Waals surface area contributed by atoms with Gasteiger partial charge in [0, 0.05) is 114 Å². The molecule has 0 aliphatic carbocycles. The van der Waals surface area contributed by atoms with E-state index in [4.69, 9.17) is 26.9 Å². The Kier molecular flexibility index (Phi) is 19.7. The molecule has 8 heterocycles. The van der Waals surface area contributed by atoms with Crippen LogP contribution in [0.4, 0.5) is 10.4 Å². The molecule has 8 aromatic rings. The van der Waals surface area contributed by atoms with Crippen LogP contribution in [0, 0.1) is 0 Å². The average molecular weight is 1370 g/mol. The first-order valence-corrected chi connectivity index (χ1v) is 32.8. The largest absolute Gasteiger partial charge is 3.00 e. The second-order valence-electron chi connectivity index (χ2n) is 27.6. The Hall–Kier alpha value is -9.22. The van der Waals surface area contributed by atoms with Crippen LogP contribution in [0.2, 0.25) is 0 Å². The number of aliphatic carboxylic acids is 3. The van der Waals surface area contributed by atoms with Gasteiger partial charge in [0.05, 0.1) is 62.8 Å². The first-order valence-electron chi connectivity index (χ1n) is 32.4. The minimum Gasteiger partial charge on any atom is -0.549 e. The molecule has 23 heteroatoms. The minimum absolute atomic E-state index is 0. The van der Waals surface area contributed by atoms with E-state index in [1.807, 2.05) is 159 Å². The van der Waals surface area contributed by atoms with E-state index in [-0.39, 0.29) is 72.3 Å². The van der Waals surface area contributed by atoms with Gasteiger partial charge in [-0.3, -0.25) is 19.4 Å². The number of phenols is 1. The summed E-state index contributed by atoms with van der Waals surface area (Å²) in [5, 5.41) is 76.9. The number of ether oxygens (including phenoxy) is 1. The van der Waals surface area contributed by atoms with Crippen molar-refractivity contribution < 1.29 is 54.7 Å². The second-order valence-corrected chi connectivity index (χ2v) is 27.9. The number of carbonyl (C=O) groups is 3. The predicted molar refractivity (Wildman–Crippen MR) is 380 cm³/mol. The van der Waals surface area contributed by atoms with Crippen molar-refractivity contribution in [2.75, 3.05) is 57.7 Å². The molecular formula is C76H76AlFN10O10S. The minimum atomic E-state index is -1.32. The van der Waals surface area contributed by atoms with Gasteiger partial charge >= 0.3 is 17.4 Å². The summed E-state index contributed by atoms with van der Waals surface area (Å²) in [7, 11) is 0. The van der Waals surface area contributed by atoms with Crippen molar-refractivity contribution in [3.63, 3.8) is 0 Å². The van der Waals surface area contributed by atoms with Crippen molar-refractivity contribution in [2.24, 2.45) is 0 Å². The van der Waals surface area contributed by atoms with Crippen molar-refractivity contribution >= 4 is 105 Å². The van der Waals surface area contributed by atoms with Gasteiger partial charge < -0.3 is 65.2 Å². The Morgan fingerprint density at radius 2 is 1.04 bits per heavy atom. The molecule has 3 aromatic heterocycles. The summed E-state index contributed by atoms with van der Waals surface area (Å²) < 4.78 is 6.25. The number of phenolic OH excluding ortho intramolecular Hbond substituents is 1. The Balaban J connectivity index is 0.00000495.